The minimum Gasteiger partial charge on any atom is -0.353 e. The zero-order valence-electron chi connectivity index (χ0n) is 12.0. The molecule has 7 heteroatoms. The van der Waals surface area contributed by atoms with E-state index in [1.165, 1.54) is 11.5 Å². The van der Waals surface area contributed by atoms with Gasteiger partial charge in [0.1, 0.15) is 0 Å². The number of rotatable bonds is 4. The number of nitrogens with one attached hydrogen (secondary N) is 1. The SMILES string of the molecule is CC(C)(C)[C@H](N)C(=O)NCCN1CCSCC1.Cl.Cl. The summed E-state index contributed by atoms with van der Waals surface area (Å²) in [5, 5.41) is 2.92. The Labute approximate surface area is 133 Å². The number of carbonyl (C=O) groups excluding carboxylic acids is 1. The third-order valence-electron chi connectivity index (χ3n) is 3.05. The highest BCUT2D eigenvalue weighted by Crippen LogP contribution is 2.17. The summed E-state index contributed by atoms with van der Waals surface area (Å²) in [7, 11) is 0. The van der Waals surface area contributed by atoms with Gasteiger partial charge in [-0.3, -0.25) is 9.69 Å². The van der Waals surface area contributed by atoms with Gasteiger partial charge in [-0.05, 0) is 5.41 Å². The van der Waals surface area contributed by atoms with Crippen LogP contribution in [0.3, 0.4) is 0 Å². The molecule has 1 fully saturated rings. The van der Waals surface area contributed by atoms with Crippen LogP contribution in [-0.4, -0.2) is 54.5 Å². The molecule has 1 heterocycles. The fourth-order valence-electron chi connectivity index (χ4n) is 1.67. The maximum Gasteiger partial charge on any atom is 0.237 e. The van der Waals surface area contributed by atoms with Crippen molar-refractivity contribution in [2.24, 2.45) is 11.1 Å². The highest BCUT2D eigenvalue weighted by molar-refractivity contribution is 7.99. The predicted octanol–water partition coefficient (Wildman–Crippen LogP) is 1.37. The van der Waals surface area contributed by atoms with Gasteiger partial charge >= 0.3 is 0 Å². The van der Waals surface area contributed by atoms with E-state index in [-0.39, 0.29) is 36.1 Å². The molecule has 1 saturated heterocycles. The Bertz CT molecular complexity index is 256. The lowest BCUT2D eigenvalue weighted by atomic mass is 9.87. The molecule has 0 saturated carbocycles. The molecule has 0 spiro atoms. The second-order valence-electron chi connectivity index (χ2n) is 5.59. The van der Waals surface area contributed by atoms with Gasteiger partial charge in [0, 0.05) is 37.7 Å². The smallest absolute Gasteiger partial charge is 0.237 e. The maximum absolute atomic E-state index is 11.8. The third-order valence-corrected chi connectivity index (χ3v) is 3.99. The van der Waals surface area contributed by atoms with E-state index >= 15 is 0 Å². The largest absolute Gasteiger partial charge is 0.353 e. The molecule has 0 aromatic rings. The summed E-state index contributed by atoms with van der Waals surface area (Å²) in [5.41, 5.74) is 5.71. The van der Waals surface area contributed by atoms with Crippen molar-refractivity contribution in [1.29, 1.82) is 0 Å². The second kappa shape index (κ2) is 10.1. The molecule has 0 aromatic carbocycles. The first-order valence-corrected chi connectivity index (χ1v) is 7.40. The van der Waals surface area contributed by atoms with Crippen molar-refractivity contribution in [3.05, 3.63) is 0 Å². The van der Waals surface area contributed by atoms with E-state index in [1.807, 2.05) is 32.5 Å². The van der Waals surface area contributed by atoms with Crippen molar-refractivity contribution in [2.45, 2.75) is 26.8 Å². The quantitative estimate of drug-likeness (QED) is 0.816. The molecule has 0 aromatic heterocycles. The van der Waals surface area contributed by atoms with Crippen molar-refractivity contribution < 1.29 is 4.79 Å². The lowest BCUT2D eigenvalue weighted by Gasteiger charge is -2.28. The number of nitrogens with two attached hydrogens (primary N) is 1. The summed E-state index contributed by atoms with van der Waals surface area (Å²) in [6, 6.07) is -0.431. The number of halogens is 2. The van der Waals surface area contributed by atoms with Crippen LogP contribution in [-0.2, 0) is 4.79 Å². The minimum atomic E-state index is -0.431. The molecular weight excluding hydrogens is 305 g/mol. The standard InChI is InChI=1S/C12H25N3OS.2ClH/c1-12(2,3)10(13)11(16)14-4-5-15-6-8-17-9-7-15;;/h10H,4-9,13H2,1-3H3,(H,14,16);2*1H/t10-;;/m1../s1. The predicted molar refractivity (Wildman–Crippen MR) is 88.7 cm³/mol. The molecule has 1 rings (SSSR count). The zero-order valence-corrected chi connectivity index (χ0v) is 14.4. The summed E-state index contributed by atoms with van der Waals surface area (Å²) >= 11 is 2.00. The van der Waals surface area contributed by atoms with Gasteiger partial charge < -0.3 is 11.1 Å². The summed E-state index contributed by atoms with van der Waals surface area (Å²) in [6.45, 7) is 9.85. The van der Waals surface area contributed by atoms with Crippen molar-refractivity contribution in [1.82, 2.24) is 10.2 Å². The third kappa shape index (κ3) is 8.25. The number of amides is 1. The molecule has 0 radical (unpaired) electrons. The average Bonchev–Trinajstić information content (AvgIpc) is 2.28. The Balaban J connectivity index is 0. The van der Waals surface area contributed by atoms with E-state index in [4.69, 9.17) is 5.73 Å². The summed E-state index contributed by atoms with van der Waals surface area (Å²) in [6.07, 6.45) is 0. The Morgan fingerprint density at radius 2 is 1.84 bits per heavy atom. The summed E-state index contributed by atoms with van der Waals surface area (Å²) in [4.78, 5) is 14.2. The number of hydrogen-bond donors (Lipinski definition) is 2. The van der Waals surface area contributed by atoms with E-state index < -0.39 is 6.04 Å². The topological polar surface area (TPSA) is 58.4 Å². The zero-order chi connectivity index (χ0) is 12.9. The molecule has 1 amide bonds. The van der Waals surface area contributed by atoms with Crippen LogP contribution in [0.5, 0.6) is 0 Å². The molecule has 1 atom stereocenters. The highest BCUT2D eigenvalue weighted by Gasteiger charge is 2.27. The molecular formula is C12H27Cl2N3OS. The van der Waals surface area contributed by atoms with E-state index in [1.54, 1.807) is 0 Å². The minimum absolute atomic E-state index is 0. The normalized spacial score (nSPS) is 17.9. The van der Waals surface area contributed by atoms with Gasteiger partial charge in [-0.1, -0.05) is 20.8 Å². The summed E-state index contributed by atoms with van der Waals surface area (Å²) < 4.78 is 0. The molecule has 1 aliphatic heterocycles. The Hall–Kier alpha value is 0.320. The van der Waals surface area contributed by atoms with Crippen molar-refractivity contribution in [3.63, 3.8) is 0 Å². The molecule has 1 aliphatic rings. The lowest BCUT2D eigenvalue weighted by molar-refractivity contribution is -0.124. The number of carbonyl (C=O) groups is 1. The fraction of sp³-hybridized carbons (Fsp3) is 0.917. The van der Waals surface area contributed by atoms with Crippen LogP contribution >= 0.6 is 36.6 Å². The molecule has 3 N–H and O–H groups in total. The molecule has 0 aliphatic carbocycles. The van der Waals surface area contributed by atoms with Gasteiger partial charge in [-0.15, -0.1) is 24.8 Å². The van der Waals surface area contributed by atoms with Gasteiger partial charge in [0.25, 0.3) is 0 Å². The highest BCUT2D eigenvalue weighted by atomic mass is 35.5. The van der Waals surface area contributed by atoms with Crippen LogP contribution in [0.1, 0.15) is 20.8 Å². The first-order chi connectivity index (χ1) is 7.91. The van der Waals surface area contributed by atoms with Gasteiger partial charge in [0.05, 0.1) is 6.04 Å². The van der Waals surface area contributed by atoms with Gasteiger partial charge in [-0.25, -0.2) is 0 Å². The first kappa shape index (κ1) is 21.6. The van der Waals surface area contributed by atoms with E-state index in [9.17, 15) is 4.79 Å². The lowest BCUT2D eigenvalue weighted by Crippen LogP contribution is -2.50. The Kier molecular flexibility index (Phi) is 11.5. The molecule has 4 nitrogen and oxygen atoms in total. The van der Waals surface area contributed by atoms with Crippen LogP contribution in [0.4, 0.5) is 0 Å². The maximum atomic E-state index is 11.8. The summed E-state index contributed by atoms with van der Waals surface area (Å²) in [5.74, 6) is 2.37. The second-order valence-corrected chi connectivity index (χ2v) is 6.81. The average molecular weight is 332 g/mol. The first-order valence-electron chi connectivity index (χ1n) is 6.24. The van der Waals surface area contributed by atoms with Gasteiger partial charge in [-0.2, -0.15) is 11.8 Å². The molecule has 0 unspecified atom stereocenters. The van der Waals surface area contributed by atoms with Crippen molar-refractivity contribution >= 4 is 42.5 Å². The van der Waals surface area contributed by atoms with Crippen LogP contribution < -0.4 is 11.1 Å². The number of thioether (sulfide) groups is 1. The number of hydrogen-bond acceptors (Lipinski definition) is 4. The van der Waals surface area contributed by atoms with Crippen molar-refractivity contribution in [2.75, 3.05) is 37.7 Å². The monoisotopic (exact) mass is 331 g/mol. The van der Waals surface area contributed by atoms with Crippen LogP contribution in [0.15, 0.2) is 0 Å². The number of nitrogens with zero attached hydrogens (tertiary/aromatic N) is 1. The van der Waals surface area contributed by atoms with E-state index in [2.05, 4.69) is 10.2 Å². The van der Waals surface area contributed by atoms with E-state index in [0.717, 1.165) is 19.6 Å². The van der Waals surface area contributed by atoms with Crippen LogP contribution in [0, 0.1) is 5.41 Å². The molecule has 116 valence electrons. The van der Waals surface area contributed by atoms with Crippen LogP contribution in [0.25, 0.3) is 0 Å². The van der Waals surface area contributed by atoms with Gasteiger partial charge in [0.15, 0.2) is 0 Å². The van der Waals surface area contributed by atoms with Gasteiger partial charge in [0.2, 0.25) is 5.91 Å². The van der Waals surface area contributed by atoms with E-state index in [0.29, 0.717) is 6.54 Å². The van der Waals surface area contributed by atoms with Crippen molar-refractivity contribution in [3.8, 4) is 0 Å². The Morgan fingerprint density at radius 3 is 2.32 bits per heavy atom. The Morgan fingerprint density at radius 1 is 1.32 bits per heavy atom. The van der Waals surface area contributed by atoms with Crippen LogP contribution in [0.2, 0.25) is 0 Å². The fourth-order valence-corrected chi connectivity index (χ4v) is 2.64. The molecule has 19 heavy (non-hydrogen) atoms. The molecule has 0 bridgehead atoms.